The molecule has 14 heavy (non-hydrogen) atoms. The molecule has 0 aromatic rings. The second-order valence-electron chi connectivity index (χ2n) is 5.68. The Bertz CT molecular complexity index is 172. The highest BCUT2D eigenvalue weighted by Gasteiger charge is 2.28. The highest BCUT2D eigenvalue weighted by atomic mass is 16.5. The van der Waals surface area contributed by atoms with Gasteiger partial charge in [-0.25, -0.2) is 0 Å². The van der Waals surface area contributed by atoms with Crippen LogP contribution in [0.25, 0.3) is 0 Å². The Morgan fingerprint density at radius 2 is 1.86 bits per heavy atom. The van der Waals surface area contributed by atoms with Crippen LogP contribution < -0.4 is 5.32 Å². The Kier molecular flexibility index (Phi) is 3.96. The summed E-state index contributed by atoms with van der Waals surface area (Å²) < 4.78 is 5.97. The summed E-state index contributed by atoms with van der Waals surface area (Å²) >= 11 is 0. The van der Waals surface area contributed by atoms with Crippen LogP contribution in [0.15, 0.2) is 0 Å². The van der Waals surface area contributed by atoms with Gasteiger partial charge < -0.3 is 10.1 Å². The minimum absolute atomic E-state index is 0.0113. The van der Waals surface area contributed by atoms with Crippen LogP contribution >= 0.6 is 0 Å². The molecule has 1 N–H and O–H groups in total. The predicted octanol–water partition coefficient (Wildman–Crippen LogP) is 2.72. The van der Waals surface area contributed by atoms with Gasteiger partial charge in [-0.3, -0.25) is 0 Å². The molecule has 2 atom stereocenters. The number of rotatable bonds is 3. The second-order valence-corrected chi connectivity index (χ2v) is 5.68. The van der Waals surface area contributed by atoms with Crippen LogP contribution in [0.3, 0.4) is 0 Å². The van der Waals surface area contributed by atoms with Crippen LogP contribution in [0.5, 0.6) is 0 Å². The van der Waals surface area contributed by atoms with Gasteiger partial charge in [0.1, 0.15) is 0 Å². The van der Waals surface area contributed by atoms with Crippen LogP contribution in [0.1, 0.15) is 53.9 Å². The van der Waals surface area contributed by atoms with E-state index in [1.54, 1.807) is 0 Å². The fraction of sp³-hybridized carbons (Fsp3) is 1.00. The van der Waals surface area contributed by atoms with Crippen LogP contribution in [0.2, 0.25) is 0 Å². The number of ether oxygens (including phenoxy) is 1. The van der Waals surface area contributed by atoms with Crippen LogP contribution in [0, 0.1) is 0 Å². The van der Waals surface area contributed by atoms with Crippen molar-refractivity contribution in [2.75, 3.05) is 0 Å². The minimum atomic E-state index is 0.0113. The van der Waals surface area contributed by atoms with Gasteiger partial charge in [0.05, 0.1) is 11.7 Å². The minimum Gasteiger partial charge on any atom is -0.373 e. The van der Waals surface area contributed by atoms with E-state index in [1.807, 2.05) is 0 Å². The van der Waals surface area contributed by atoms with Crippen molar-refractivity contribution in [1.29, 1.82) is 0 Å². The van der Waals surface area contributed by atoms with Gasteiger partial charge >= 0.3 is 0 Å². The van der Waals surface area contributed by atoms with Crippen molar-refractivity contribution in [3.8, 4) is 0 Å². The Labute approximate surface area is 88.4 Å². The molecule has 1 rings (SSSR count). The Balaban J connectivity index is 2.27. The summed E-state index contributed by atoms with van der Waals surface area (Å²) in [7, 11) is 0. The summed E-state index contributed by atoms with van der Waals surface area (Å²) in [4.78, 5) is 0. The van der Waals surface area contributed by atoms with Gasteiger partial charge in [-0.1, -0.05) is 13.8 Å². The standard InChI is InChI=1S/C12H25NO/c1-9(2)13-10-6-7-11(8-10)14-12(3,4)5/h9-11,13H,6-8H2,1-5H3/t10-,11+/m0/s1. The molecule has 0 spiro atoms. The first-order valence-corrected chi connectivity index (χ1v) is 5.80. The molecule has 0 saturated heterocycles. The highest BCUT2D eigenvalue weighted by Crippen LogP contribution is 2.26. The molecular formula is C12H25NO. The largest absolute Gasteiger partial charge is 0.373 e. The van der Waals surface area contributed by atoms with Crippen LogP contribution in [-0.4, -0.2) is 23.8 Å². The average Bonchev–Trinajstić information content (AvgIpc) is 2.30. The predicted molar refractivity (Wildman–Crippen MR) is 60.5 cm³/mol. The summed E-state index contributed by atoms with van der Waals surface area (Å²) in [6.07, 6.45) is 4.11. The summed E-state index contributed by atoms with van der Waals surface area (Å²) in [5.74, 6) is 0. The van der Waals surface area contributed by atoms with Gasteiger partial charge in [0.15, 0.2) is 0 Å². The topological polar surface area (TPSA) is 21.3 Å². The van der Waals surface area contributed by atoms with Crippen molar-refractivity contribution in [3.63, 3.8) is 0 Å². The van der Waals surface area contributed by atoms with Crippen molar-refractivity contribution >= 4 is 0 Å². The Morgan fingerprint density at radius 1 is 1.21 bits per heavy atom. The van der Waals surface area contributed by atoms with Crippen LogP contribution in [-0.2, 0) is 4.74 Å². The third kappa shape index (κ3) is 4.43. The fourth-order valence-electron chi connectivity index (χ4n) is 2.17. The third-order valence-corrected chi connectivity index (χ3v) is 2.47. The fourth-order valence-corrected chi connectivity index (χ4v) is 2.17. The number of hydrogen-bond acceptors (Lipinski definition) is 2. The molecule has 0 radical (unpaired) electrons. The SMILES string of the molecule is CC(C)N[C@H]1CC[C@@H](OC(C)(C)C)C1. The molecule has 0 amide bonds. The Hall–Kier alpha value is -0.0800. The molecule has 1 aliphatic carbocycles. The van der Waals surface area contributed by atoms with E-state index in [0.717, 1.165) is 0 Å². The molecule has 2 nitrogen and oxygen atoms in total. The first-order valence-electron chi connectivity index (χ1n) is 5.80. The van der Waals surface area contributed by atoms with E-state index in [0.29, 0.717) is 18.2 Å². The molecule has 84 valence electrons. The third-order valence-electron chi connectivity index (χ3n) is 2.47. The summed E-state index contributed by atoms with van der Waals surface area (Å²) in [5.41, 5.74) is 0.0113. The lowest BCUT2D eigenvalue weighted by Gasteiger charge is -2.25. The summed E-state index contributed by atoms with van der Waals surface area (Å²) in [5, 5.41) is 3.58. The maximum Gasteiger partial charge on any atom is 0.0602 e. The van der Waals surface area contributed by atoms with E-state index in [4.69, 9.17) is 4.74 Å². The monoisotopic (exact) mass is 199 g/mol. The van der Waals surface area contributed by atoms with E-state index in [9.17, 15) is 0 Å². The van der Waals surface area contributed by atoms with Gasteiger partial charge in [-0.05, 0) is 40.0 Å². The van der Waals surface area contributed by atoms with Crippen LogP contribution in [0.4, 0.5) is 0 Å². The normalized spacial score (nSPS) is 28.7. The smallest absolute Gasteiger partial charge is 0.0602 e. The highest BCUT2D eigenvalue weighted by molar-refractivity contribution is 4.83. The average molecular weight is 199 g/mol. The molecule has 0 aromatic carbocycles. The van der Waals surface area contributed by atoms with Gasteiger partial charge in [0.25, 0.3) is 0 Å². The summed E-state index contributed by atoms with van der Waals surface area (Å²) in [6, 6.07) is 1.26. The van der Waals surface area contributed by atoms with Crippen molar-refractivity contribution in [2.24, 2.45) is 0 Å². The molecule has 1 aliphatic rings. The first-order chi connectivity index (χ1) is 6.37. The molecule has 0 unspecified atom stereocenters. The van der Waals surface area contributed by atoms with Crippen molar-refractivity contribution in [1.82, 2.24) is 5.32 Å². The molecule has 0 aromatic heterocycles. The van der Waals surface area contributed by atoms with Gasteiger partial charge in [0, 0.05) is 12.1 Å². The lowest BCUT2D eigenvalue weighted by Crippen LogP contribution is -2.34. The van der Waals surface area contributed by atoms with Crippen molar-refractivity contribution in [3.05, 3.63) is 0 Å². The molecule has 0 aliphatic heterocycles. The zero-order valence-electron chi connectivity index (χ0n) is 10.3. The maximum atomic E-state index is 5.97. The summed E-state index contributed by atoms with van der Waals surface area (Å²) in [6.45, 7) is 10.8. The quantitative estimate of drug-likeness (QED) is 0.754. The lowest BCUT2D eigenvalue weighted by atomic mass is 10.1. The van der Waals surface area contributed by atoms with Gasteiger partial charge in [-0.15, -0.1) is 0 Å². The molecule has 2 heteroatoms. The second kappa shape index (κ2) is 4.63. The van der Waals surface area contributed by atoms with Gasteiger partial charge in [0.2, 0.25) is 0 Å². The molecule has 0 heterocycles. The lowest BCUT2D eigenvalue weighted by molar-refractivity contribution is -0.0567. The molecule has 1 saturated carbocycles. The zero-order chi connectivity index (χ0) is 10.8. The maximum absolute atomic E-state index is 5.97. The molecule has 1 fully saturated rings. The Morgan fingerprint density at radius 3 is 2.36 bits per heavy atom. The van der Waals surface area contributed by atoms with E-state index in [2.05, 4.69) is 39.9 Å². The zero-order valence-corrected chi connectivity index (χ0v) is 10.3. The molecular weight excluding hydrogens is 174 g/mol. The van der Waals surface area contributed by atoms with Gasteiger partial charge in [-0.2, -0.15) is 0 Å². The van der Waals surface area contributed by atoms with E-state index in [1.165, 1.54) is 19.3 Å². The number of hydrogen-bond donors (Lipinski definition) is 1. The first kappa shape index (κ1) is 12.0. The van der Waals surface area contributed by atoms with E-state index in [-0.39, 0.29) is 5.60 Å². The van der Waals surface area contributed by atoms with Crippen molar-refractivity contribution < 1.29 is 4.74 Å². The number of nitrogens with one attached hydrogen (secondary N) is 1. The van der Waals surface area contributed by atoms with Crippen molar-refractivity contribution in [2.45, 2.75) is 77.7 Å². The van der Waals surface area contributed by atoms with E-state index < -0.39 is 0 Å². The molecule has 0 bridgehead atoms. The van der Waals surface area contributed by atoms with E-state index >= 15 is 0 Å².